The van der Waals surface area contributed by atoms with Gasteiger partial charge >= 0.3 is 0 Å². The van der Waals surface area contributed by atoms with Crippen LogP contribution in [0, 0.1) is 18.7 Å². The molecule has 1 aromatic rings. The lowest BCUT2D eigenvalue weighted by molar-refractivity contribution is 0.509. The van der Waals surface area contributed by atoms with E-state index in [1.807, 2.05) is 0 Å². The molecule has 0 fully saturated rings. The monoisotopic (exact) mass is 142 g/mol. The van der Waals surface area contributed by atoms with Gasteiger partial charge in [-0.05, 0) is 18.2 Å². The quantitative estimate of drug-likeness (QED) is 0.633. The fourth-order valence-corrected chi connectivity index (χ4v) is 0.606. The van der Waals surface area contributed by atoms with Gasteiger partial charge in [0.2, 0.25) is 0 Å². The van der Waals surface area contributed by atoms with Crippen LogP contribution in [0.4, 0.5) is 14.5 Å². The van der Waals surface area contributed by atoms with E-state index in [1.165, 1.54) is 6.07 Å². The molecule has 0 saturated heterocycles. The van der Waals surface area contributed by atoms with Gasteiger partial charge in [-0.3, -0.25) is 0 Å². The van der Waals surface area contributed by atoms with Crippen LogP contribution in [0.2, 0.25) is 0 Å². The molecular formula is C7H6F2N. The van der Waals surface area contributed by atoms with Gasteiger partial charge in [-0.2, -0.15) is 0 Å². The van der Waals surface area contributed by atoms with Crippen molar-refractivity contribution in [2.24, 2.45) is 0 Å². The summed E-state index contributed by atoms with van der Waals surface area (Å²) in [6.07, 6.45) is 0. The average Bonchev–Trinajstić information content (AvgIpc) is 1.95. The molecule has 53 valence electrons. The predicted molar refractivity (Wildman–Crippen MR) is 35.3 cm³/mol. The molecule has 1 rings (SSSR count). The summed E-state index contributed by atoms with van der Waals surface area (Å²) in [5.74, 6) is -1.72. The first-order valence-electron chi connectivity index (χ1n) is 2.72. The Balaban J connectivity index is 3.04. The Kier molecular flexibility index (Phi) is 1.85. The number of rotatable bonds is 1. The second-order valence-corrected chi connectivity index (χ2v) is 1.81. The van der Waals surface area contributed by atoms with E-state index in [-0.39, 0.29) is 0 Å². The van der Waals surface area contributed by atoms with E-state index >= 15 is 0 Å². The summed E-state index contributed by atoms with van der Waals surface area (Å²) in [6.45, 7) is 0. The van der Waals surface area contributed by atoms with E-state index in [9.17, 15) is 8.78 Å². The number of halogens is 2. The summed E-state index contributed by atoms with van der Waals surface area (Å²) in [5, 5.41) is 2.44. The molecule has 0 unspecified atom stereocenters. The van der Waals surface area contributed by atoms with Crippen LogP contribution in [0.15, 0.2) is 18.2 Å². The second kappa shape index (κ2) is 2.64. The maximum atomic E-state index is 12.3. The molecule has 0 bridgehead atoms. The molecule has 3 heteroatoms. The summed E-state index contributed by atoms with van der Waals surface area (Å²) < 4.78 is 24.5. The van der Waals surface area contributed by atoms with Crippen molar-refractivity contribution in [3.63, 3.8) is 0 Å². The minimum atomic E-state index is -0.867. The fraction of sp³-hybridized carbons (Fsp3) is 0. The lowest BCUT2D eigenvalue weighted by atomic mass is 10.3. The maximum Gasteiger partial charge on any atom is 0.160 e. The van der Waals surface area contributed by atoms with Gasteiger partial charge in [-0.15, -0.1) is 0 Å². The van der Waals surface area contributed by atoms with Crippen LogP contribution in [-0.4, -0.2) is 0 Å². The highest BCUT2D eigenvalue weighted by Gasteiger charge is 1.99. The van der Waals surface area contributed by atoms with E-state index in [2.05, 4.69) is 12.4 Å². The van der Waals surface area contributed by atoms with Gasteiger partial charge in [0.05, 0.1) is 0 Å². The van der Waals surface area contributed by atoms with Crippen molar-refractivity contribution < 1.29 is 8.78 Å². The zero-order chi connectivity index (χ0) is 7.56. The van der Waals surface area contributed by atoms with Crippen LogP contribution in [0.5, 0.6) is 0 Å². The highest BCUT2D eigenvalue weighted by molar-refractivity contribution is 5.43. The van der Waals surface area contributed by atoms with Crippen molar-refractivity contribution in [2.45, 2.75) is 0 Å². The first-order valence-corrected chi connectivity index (χ1v) is 2.72. The van der Waals surface area contributed by atoms with E-state index in [4.69, 9.17) is 0 Å². The molecule has 10 heavy (non-hydrogen) atoms. The normalized spacial score (nSPS) is 9.50. The second-order valence-electron chi connectivity index (χ2n) is 1.81. The van der Waals surface area contributed by atoms with Crippen molar-refractivity contribution in [2.75, 3.05) is 5.32 Å². The maximum absolute atomic E-state index is 12.3. The summed E-state index contributed by atoms with van der Waals surface area (Å²) in [4.78, 5) is 0. The first-order chi connectivity index (χ1) is 4.74. The fourth-order valence-electron chi connectivity index (χ4n) is 0.606. The predicted octanol–water partition coefficient (Wildman–Crippen LogP) is 2.17. The standard InChI is InChI=1S/C7H6F2N/c1-10-5-2-3-6(8)7(9)4-5/h2-4,10H,1H2. The van der Waals surface area contributed by atoms with Crippen molar-refractivity contribution in [1.29, 1.82) is 0 Å². The highest BCUT2D eigenvalue weighted by atomic mass is 19.2. The SMILES string of the molecule is [CH2]Nc1ccc(F)c(F)c1. The Hall–Kier alpha value is -1.12. The van der Waals surface area contributed by atoms with Crippen LogP contribution in [0.3, 0.4) is 0 Å². The Morgan fingerprint density at radius 3 is 2.40 bits per heavy atom. The lowest BCUT2D eigenvalue weighted by Gasteiger charge is -1.98. The molecule has 0 atom stereocenters. The lowest BCUT2D eigenvalue weighted by Crippen LogP contribution is -1.88. The molecule has 1 radical (unpaired) electrons. The van der Waals surface area contributed by atoms with Gasteiger partial charge in [0.15, 0.2) is 11.6 Å². The Morgan fingerprint density at radius 1 is 1.20 bits per heavy atom. The zero-order valence-electron chi connectivity index (χ0n) is 5.20. The van der Waals surface area contributed by atoms with Crippen molar-refractivity contribution >= 4 is 5.69 Å². The summed E-state index contributed by atoms with van der Waals surface area (Å²) in [7, 11) is 3.29. The van der Waals surface area contributed by atoms with Gasteiger partial charge < -0.3 is 5.32 Å². The third-order valence-corrected chi connectivity index (χ3v) is 1.12. The van der Waals surface area contributed by atoms with E-state index in [1.54, 1.807) is 0 Å². The number of nitrogens with one attached hydrogen (secondary N) is 1. The Labute approximate surface area is 57.7 Å². The molecule has 0 aromatic heterocycles. The highest BCUT2D eigenvalue weighted by Crippen LogP contribution is 2.11. The van der Waals surface area contributed by atoms with Gasteiger partial charge in [-0.25, -0.2) is 8.78 Å². The molecule has 1 N–H and O–H groups in total. The van der Waals surface area contributed by atoms with E-state index in [0.29, 0.717) is 5.69 Å². The van der Waals surface area contributed by atoms with Crippen molar-refractivity contribution in [1.82, 2.24) is 0 Å². The Bertz CT molecular complexity index is 235. The Morgan fingerprint density at radius 2 is 1.90 bits per heavy atom. The molecule has 0 aliphatic heterocycles. The largest absolute Gasteiger partial charge is 0.383 e. The van der Waals surface area contributed by atoms with Gasteiger partial charge in [-0.1, -0.05) is 0 Å². The zero-order valence-corrected chi connectivity index (χ0v) is 5.20. The minimum absolute atomic E-state index is 0.457. The van der Waals surface area contributed by atoms with Crippen LogP contribution < -0.4 is 5.32 Å². The number of hydrogen-bond acceptors (Lipinski definition) is 1. The van der Waals surface area contributed by atoms with Crippen LogP contribution in [0.1, 0.15) is 0 Å². The van der Waals surface area contributed by atoms with Crippen LogP contribution in [-0.2, 0) is 0 Å². The molecule has 0 aliphatic rings. The molecule has 0 amide bonds. The molecule has 0 saturated carbocycles. The van der Waals surface area contributed by atoms with Gasteiger partial charge in [0.25, 0.3) is 0 Å². The number of benzene rings is 1. The minimum Gasteiger partial charge on any atom is -0.383 e. The third-order valence-electron chi connectivity index (χ3n) is 1.12. The van der Waals surface area contributed by atoms with Crippen LogP contribution >= 0.6 is 0 Å². The van der Waals surface area contributed by atoms with Gasteiger partial charge in [0, 0.05) is 12.7 Å². The average molecular weight is 142 g/mol. The van der Waals surface area contributed by atoms with Crippen molar-refractivity contribution in [3.05, 3.63) is 36.9 Å². The molecule has 1 aromatic carbocycles. The molecule has 1 nitrogen and oxygen atoms in total. The van der Waals surface area contributed by atoms with E-state index in [0.717, 1.165) is 12.1 Å². The van der Waals surface area contributed by atoms with Crippen LogP contribution in [0.25, 0.3) is 0 Å². The molecule has 0 aliphatic carbocycles. The third kappa shape index (κ3) is 1.23. The molecule has 0 heterocycles. The number of anilines is 1. The summed E-state index contributed by atoms with van der Waals surface area (Å²) in [6, 6.07) is 3.50. The van der Waals surface area contributed by atoms with Gasteiger partial charge in [0.1, 0.15) is 0 Å². The van der Waals surface area contributed by atoms with E-state index < -0.39 is 11.6 Å². The molecular weight excluding hydrogens is 136 g/mol. The van der Waals surface area contributed by atoms with Crippen molar-refractivity contribution in [3.8, 4) is 0 Å². The number of hydrogen-bond donors (Lipinski definition) is 1. The smallest absolute Gasteiger partial charge is 0.160 e. The summed E-state index contributed by atoms with van der Waals surface area (Å²) >= 11 is 0. The summed E-state index contributed by atoms with van der Waals surface area (Å²) in [5.41, 5.74) is 0.457. The molecule has 0 spiro atoms. The topological polar surface area (TPSA) is 12.0 Å². The first kappa shape index (κ1) is 6.99.